The Labute approximate surface area is 106 Å². The summed E-state index contributed by atoms with van der Waals surface area (Å²) in [5, 5.41) is 3.01. The highest BCUT2D eigenvalue weighted by Crippen LogP contribution is 2.15. The highest BCUT2D eigenvalue weighted by molar-refractivity contribution is 5.77. The van der Waals surface area contributed by atoms with Gasteiger partial charge in [-0.25, -0.2) is 4.39 Å². The van der Waals surface area contributed by atoms with E-state index in [-0.39, 0.29) is 11.7 Å². The van der Waals surface area contributed by atoms with E-state index in [0.29, 0.717) is 24.3 Å². The van der Waals surface area contributed by atoms with E-state index in [1.165, 1.54) is 12.1 Å². The van der Waals surface area contributed by atoms with Crippen LogP contribution in [0.25, 0.3) is 0 Å². The van der Waals surface area contributed by atoms with E-state index in [9.17, 15) is 9.18 Å². The van der Waals surface area contributed by atoms with E-state index in [1.54, 1.807) is 6.07 Å². The number of hydrogen-bond donors (Lipinski definition) is 2. The summed E-state index contributed by atoms with van der Waals surface area (Å²) in [5.74, 6) is -0.215. The third-order valence-corrected chi connectivity index (χ3v) is 3.05. The smallest absolute Gasteiger partial charge is 0.224 e. The predicted molar refractivity (Wildman–Crippen MR) is 69.7 cm³/mol. The number of rotatable bonds is 4. The van der Waals surface area contributed by atoms with Gasteiger partial charge in [0.1, 0.15) is 5.82 Å². The van der Waals surface area contributed by atoms with Crippen LogP contribution in [0.4, 0.5) is 15.8 Å². The highest BCUT2D eigenvalue weighted by atomic mass is 19.1. The molecule has 0 bridgehead atoms. The molecule has 18 heavy (non-hydrogen) atoms. The van der Waals surface area contributed by atoms with Crippen molar-refractivity contribution in [2.24, 2.45) is 0 Å². The van der Waals surface area contributed by atoms with Gasteiger partial charge >= 0.3 is 0 Å². The van der Waals surface area contributed by atoms with Gasteiger partial charge in [0.05, 0.1) is 0 Å². The van der Waals surface area contributed by atoms with Crippen molar-refractivity contribution in [1.29, 1.82) is 0 Å². The van der Waals surface area contributed by atoms with Gasteiger partial charge in [0, 0.05) is 37.4 Å². The van der Waals surface area contributed by atoms with Crippen LogP contribution in [0, 0.1) is 5.82 Å². The average Bonchev–Trinajstić information content (AvgIpc) is 2.80. The molecule has 0 aromatic heterocycles. The molecule has 1 saturated heterocycles. The normalized spacial score (nSPS) is 14.8. The van der Waals surface area contributed by atoms with Gasteiger partial charge in [-0.3, -0.25) is 4.79 Å². The molecule has 1 fully saturated rings. The van der Waals surface area contributed by atoms with E-state index in [4.69, 9.17) is 5.73 Å². The van der Waals surface area contributed by atoms with E-state index in [1.807, 2.05) is 4.90 Å². The van der Waals surface area contributed by atoms with Crippen molar-refractivity contribution in [3.8, 4) is 0 Å². The van der Waals surface area contributed by atoms with Gasteiger partial charge in [-0.05, 0) is 31.0 Å². The largest absolute Gasteiger partial charge is 0.399 e. The molecule has 0 aliphatic carbocycles. The molecule has 4 nitrogen and oxygen atoms in total. The first-order chi connectivity index (χ1) is 8.65. The van der Waals surface area contributed by atoms with Gasteiger partial charge in [-0.2, -0.15) is 0 Å². The summed E-state index contributed by atoms with van der Waals surface area (Å²) in [6.45, 7) is 2.23. The van der Waals surface area contributed by atoms with Crippen LogP contribution in [0.1, 0.15) is 19.3 Å². The lowest BCUT2D eigenvalue weighted by atomic mass is 10.2. The summed E-state index contributed by atoms with van der Waals surface area (Å²) in [5.41, 5.74) is 6.53. The minimum absolute atomic E-state index is 0.157. The fraction of sp³-hybridized carbons (Fsp3) is 0.462. The number of carbonyl (C=O) groups excluding carboxylic acids is 1. The van der Waals surface area contributed by atoms with Crippen molar-refractivity contribution in [1.82, 2.24) is 4.90 Å². The number of nitrogens with zero attached hydrogens (tertiary/aromatic N) is 1. The van der Waals surface area contributed by atoms with Crippen LogP contribution in [-0.2, 0) is 4.79 Å². The maximum Gasteiger partial charge on any atom is 0.224 e. The Morgan fingerprint density at radius 1 is 1.33 bits per heavy atom. The lowest BCUT2D eigenvalue weighted by molar-refractivity contribution is -0.129. The third-order valence-electron chi connectivity index (χ3n) is 3.05. The van der Waals surface area contributed by atoms with E-state index in [0.717, 1.165) is 25.9 Å². The molecule has 0 unspecified atom stereocenters. The SMILES string of the molecule is Nc1cc(F)cc(NCCC(=O)N2CCCC2)c1. The summed E-state index contributed by atoms with van der Waals surface area (Å²) in [6, 6.07) is 4.29. The van der Waals surface area contributed by atoms with Crippen molar-refractivity contribution in [2.75, 3.05) is 30.7 Å². The monoisotopic (exact) mass is 251 g/mol. The molecule has 1 heterocycles. The van der Waals surface area contributed by atoms with E-state index in [2.05, 4.69) is 5.32 Å². The van der Waals surface area contributed by atoms with E-state index >= 15 is 0 Å². The van der Waals surface area contributed by atoms with Crippen LogP contribution in [0.5, 0.6) is 0 Å². The van der Waals surface area contributed by atoms with Crippen LogP contribution in [0.2, 0.25) is 0 Å². The molecule has 0 saturated carbocycles. The second-order valence-electron chi connectivity index (χ2n) is 4.54. The first-order valence-corrected chi connectivity index (χ1v) is 6.23. The number of likely N-dealkylation sites (tertiary alicyclic amines) is 1. The molecule has 1 aliphatic rings. The number of anilines is 2. The summed E-state index contributed by atoms with van der Waals surface area (Å²) in [6.07, 6.45) is 2.62. The average molecular weight is 251 g/mol. The summed E-state index contributed by atoms with van der Waals surface area (Å²) in [7, 11) is 0. The minimum Gasteiger partial charge on any atom is -0.399 e. The molecule has 3 N–H and O–H groups in total. The Morgan fingerprint density at radius 3 is 2.72 bits per heavy atom. The molecule has 1 aliphatic heterocycles. The standard InChI is InChI=1S/C13H18FN3O/c14-10-7-11(15)9-12(8-10)16-4-3-13(18)17-5-1-2-6-17/h7-9,16H,1-6,15H2. The number of halogens is 1. The number of amides is 1. The van der Waals surface area contributed by atoms with Gasteiger partial charge in [0.25, 0.3) is 0 Å². The fourth-order valence-electron chi connectivity index (χ4n) is 2.15. The maximum absolute atomic E-state index is 13.1. The summed E-state index contributed by atoms with van der Waals surface area (Å²) >= 11 is 0. The molecule has 1 aromatic rings. The molecule has 1 amide bonds. The molecule has 98 valence electrons. The minimum atomic E-state index is -0.372. The highest BCUT2D eigenvalue weighted by Gasteiger charge is 2.16. The summed E-state index contributed by atoms with van der Waals surface area (Å²) < 4.78 is 13.1. The quantitative estimate of drug-likeness (QED) is 0.803. The molecular formula is C13H18FN3O. The van der Waals surface area contributed by atoms with Crippen molar-refractivity contribution < 1.29 is 9.18 Å². The Hall–Kier alpha value is -1.78. The number of nitrogens with two attached hydrogens (primary N) is 1. The topological polar surface area (TPSA) is 58.4 Å². The Kier molecular flexibility index (Phi) is 4.02. The zero-order valence-corrected chi connectivity index (χ0v) is 10.3. The molecule has 1 aromatic carbocycles. The number of benzene rings is 1. The van der Waals surface area contributed by atoms with Crippen LogP contribution in [-0.4, -0.2) is 30.4 Å². The van der Waals surface area contributed by atoms with Crippen molar-refractivity contribution in [3.63, 3.8) is 0 Å². The van der Waals surface area contributed by atoms with Crippen molar-refractivity contribution in [3.05, 3.63) is 24.0 Å². The predicted octanol–water partition coefficient (Wildman–Crippen LogP) is 1.83. The lowest BCUT2D eigenvalue weighted by Crippen LogP contribution is -2.29. The summed E-state index contributed by atoms with van der Waals surface area (Å²) in [4.78, 5) is 13.6. The zero-order valence-electron chi connectivity index (χ0n) is 10.3. The number of carbonyl (C=O) groups is 1. The Bertz CT molecular complexity index is 410. The van der Waals surface area contributed by atoms with Crippen LogP contribution >= 0.6 is 0 Å². The second kappa shape index (κ2) is 5.71. The third kappa shape index (κ3) is 3.35. The van der Waals surface area contributed by atoms with Gasteiger partial charge < -0.3 is 16.0 Å². The van der Waals surface area contributed by atoms with Crippen LogP contribution in [0.15, 0.2) is 18.2 Å². The molecular weight excluding hydrogens is 233 g/mol. The van der Waals surface area contributed by atoms with Crippen molar-refractivity contribution in [2.45, 2.75) is 19.3 Å². The van der Waals surface area contributed by atoms with Crippen LogP contribution in [0.3, 0.4) is 0 Å². The van der Waals surface area contributed by atoms with Crippen LogP contribution < -0.4 is 11.1 Å². The zero-order chi connectivity index (χ0) is 13.0. The molecule has 0 atom stereocenters. The van der Waals surface area contributed by atoms with Gasteiger partial charge in [-0.15, -0.1) is 0 Å². The first kappa shape index (κ1) is 12.7. The number of hydrogen-bond acceptors (Lipinski definition) is 3. The Morgan fingerprint density at radius 2 is 2.06 bits per heavy atom. The maximum atomic E-state index is 13.1. The number of nitrogen functional groups attached to an aromatic ring is 1. The first-order valence-electron chi connectivity index (χ1n) is 6.23. The molecule has 0 radical (unpaired) electrons. The fourth-order valence-corrected chi connectivity index (χ4v) is 2.15. The molecule has 5 heteroatoms. The van der Waals surface area contributed by atoms with E-state index < -0.39 is 0 Å². The van der Waals surface area contributed by atoms with Gasteiger partial charge in [0.2, 0.25) is 5.91 Å². The van der Waals surface area contributed by atoms with Gasteiger partial charge in [0.15, 0.2) is 0 Å². The van der Waals surface area contributed by atoms with Crippen molar-refractivity contribution >= 4 is 17.3 Å². The molecule has 2 rings (SSSR count). The lowest BCUT2D eigenvalue weighted by Gasteiger charge is -2.15. The molecule has 0 spiro atoms. The van der Waals surface area contributed by atoms with Gasteiger partial charge in [-0.1, -0.05) is 0 Å². The Balaban J connectivity index is 1.79. The second-order valence-corrected chi connectivity index (χ2v) is 4.54. The number of nitrogens with one attached hydrogen (secondary N) is 1.